The number of aliphatic hydroxyl groups is 3. The van der Waals surface area contributed by atoms with E-state index in [4.69, 9.17) is 5.11 Å². The van der Waals surface area contributed by atoms with E-state index in [2.05, 4.69) is 89.7 Å². The molecule has 10 nitrogen and oxygen atoms in total. The van der Waals surface area contributed by atoms with Gasteiger partial charge in [0.15, 0.2) is 0 Å². The summed E-state index contributed by atoms with van der Waals surface area (Å²) in [6.45, 7) is 5.95. The number of carbonyl (C=O) groups excluding carboxylic acids is 3. The second-order valence-electron chi connectivity index (χ2n) is 13.7. The van der Waals surface area contributed by atoms with Crippen LogP contribution in [-0.2, 0) is 14.4 Å². The Bertz CT molecular complexity index is 1150. The molecule has 0 radical (unpaired) electrons. The highest BCUT2D eigenvalue weighted by Gasteiger charge is 2.38. The predicted molar refractivity (Wildman–Crippen MR) is 216 cm³/mol. The highest BCUT2D eigenvalue weighted by atomic mass is 33.1. The highest BCUT2D eigenvalue weighted by Crippen LogP contribution is 2.38. The molecule has 0 aliphatic carbocycles. The van der Waals surface area contributed by atoms with Crippen molar-refractivity contribution in [3.8, 4) is 0 Å². The number of carbonyl (C=O) groups is 3. The summed E-state index contributed by atoms with van der Waals surface area (Å²) >= 11 is 0. The molecule has 0 fully saturated rings. The van der Waals surface area contributed by atoms with E-state index in [0.717, 1.165) is 38.5 Å². The SMILES string of the molecule is CC/C=C\C/C=C\C/C=C\C/C=C\C/C=C\C/C=C\CCC(=O)NCCSSC(C)(C)C(NC(=O)CC(O)C[N+](C)(C)C)C(=O)NCC(O)CO. The van der Waals surface area contributed by atoms with Gasteiger partial charge in [-0.3, -0.25) is 14.4 Å². The average molecular weight is 752 g/mol. The normalized spacial score (nSPS) is 14.8. The first-order chi connectivity index (χ1) is 24.2. The van der Waals surface area contributed by atoms with Crippen LogP contribution in [0.2, 0.25) is 0 Å². The fourth-order valence-electron chi connectivity index (χ4n) is 4.49. The van der Waals surface area contributed by atoms with Gasteiger partial charge in [-0.1, -0.05) is 101 Å². The maximum atomic E-state index is 13.1. The lowest BCUT2D eigenvalue weighted by atomic mass is 10.0. The van der Waals surface area contributed by atoms with E-state index in [1.165, 1.54) is 21.6 Å². The Morgan fingerprint density at radius 2 is 1.25 bits per heavy atom. The van der Waals surface area contributed by atoms with Gasteiger partial charge in [-0.05, 0) is 58.8 Å². The van der Waals surface area contributed by atoms with Crippen LogP contribution in [0, 0.1) is 0 Å². The smallest absolute Gasteiger partial charge is 0.244 e. The Kier molecular flexibility index (Phi) is 28.4. The molecule has 0 bridgehead atoms. The lowest BCUT2D eigenvalue weighted by Crippen LogP contribution is -2.57. The van der Waals surface area contributed by atoms with Crippen LogP contribution < -0.4 is 16.0 Å². The summed E-state index contributed by atoms with van der Waals surface area (Å²) in [6.07, 6.45) is 30.5. The molecule has 0 aliphatic heterocycles. The van der Waals surface area contributed by atoms with Gasteiger partial charge in [0.2, 0.25) is 17.7 Å². The summed E-state index contributed by atoms with van der Waals surface area (Å²) in [4.78, 5) is 38.1. The Labute approximate surface area is 316 Å². The van der Waals surface area contributed by atoms with Crippen LogP contribution in [0.4, 0.5) is 0 Å². The minimum absolute atomic E-state index is 0.0289. The van der Waals surface area contributed by atoms with Gasteiger partial charge in [0.1, 0.15) is 18.7 Å². The minimum atomic E-state index is -1.12. The predicted octanol–water partition coefficient (Wildman–Crippen LogP) is 5.15. The Hall–Kier alpha value is -2.61. The largest absolute Gasteiger partial charge is 0.394 e. The number of amides is 3. The molecular formula is C39H67N4O6S2+. The van der Waals surface area contributed by atoms with Gasteiger partial charge < -0.3 is 35.8 Å². The number of likely N-dealkylation sites (N-methyl/N-ethyl adjacent to an activating group) is 1. The topological polar surface area (TPSA) is 148 Å². The summed E-state index contributed by atoms with van der Waals surface area (Å²) in [5.41, 5.74) is 0. The van der Waals surface area contributed by atoms with Crippen molar-refractivity contribution in [1.82, 2.24) is 16.0 Å². The number of rotatable bonds is 29. The molecule has 0 aliphatic rings. The molecule has 0 rings (SSSR count). The van der Waals surface area contributed by atoms with Crippen molar-refractivity contribution in [2.75, 3.05) is 53.1 Å². The third kappa shape index (κ3) is 29.6. The Morgan fingerprint density at radius 3 is 1.75 bits per heavy atom. The number of nitrogens with one attached hydrogen (secondary N) is 3. The fraction of sp³-hybridized carbons (Fsp3) is 0.615. The third-order valence-corrected chi connectivity index (χ3v) is 10.4. The van der Waals surface area contributed by atoms with E-state index >= 15 is 0 Å². The van der Waals surface area contributed by atoms with Gasteiger partial charge in [0.05, 0.1) is 40.3 Å². The summed E-state index contributed by atoms with van der Waals surface area (Å²) in [7, 11) is 8.61. The van der Waals surface area contributed by atoms with Gasteiger partial charge in [-0.2, -0.15) is 0 Å². The first kappa shape index (κ1) is 48.4. The van der Waals surface area contributed by atoms with Gasteiger partial charge in [-0.25, -0.2) is 0 Å². The number of aliphatic hydroxyl groups excluding tert-OH is 3. The number of allylic oxidation sites excluding steroid dienone is 12. The quantitative estimate of drug-likeness (QED) is 0.0266. The van der Waals surface area contributed by atoms with Crippen LogP contribution in [0.25, 0.3) is 0 Å². The molecular weight excluding hydrogens is 685 g/mol. The molecule has 0 aromatic carbocycles. The molecule has 0 saturated carbocycles. The lowest BCUT2D eigenvalue weighted by Gasteiger charge is -2.33. The maximum Gasteiger partial charge on any atom is 0.244 e. The van der Waals surface area contributed by atoms with Crippen LogP contribution in [0.3, 0.4) is 0 Å². The second kappa shape index (κ2) is 29.9. The number of nitrogens with zero attached hydrogens (tertiary/aromatic N) is 1. The molecule has 3 amide bonds. The van der Waals surface area contributed by atoms with Crippen LogP contribution >= 0.6 is 21.6 Å². The van der Waals surface area contributed by atoms with Gasteiger partial charge in [0.25, 0.3) is 0 Å². The van der Waals surface area contributed by atoms with Crippen molar-refractivity contribution < 1.29 is 34.2 Å². The summed E-state index contributed by atoms with van der Waals surface area (Å²) in [6, 6.07) is -0.972. The zero-order chi connectivity index (χ0) is 38.4. The van der Waals surface area contributed by atoms with E-state index in [1.807, 2.05) is 41.1 Å². The standard InChI is InChI=1S/C39H66N4O6S2/c1-7-8-9-10-11-12-13-14-15-16-17-18-19-20-21-22-23-24-25-26-35(47)40-27-28-50-51-39(2,3)37(38(49)41-30-34(46)32-44)42-36(48)29-33(45)31-43(4,5)6/h8-9,11-12,14-15,17-18,20-21,23-24,33-34,37,44-46H,7,10,13,16,19,22,25-32H2,1-6H3,(H2-,40,41,42,47,48,49)/p+1/b9-8-,12-11-,15-14-,18-17-,21-20-,24-23-. The van der Waals surface area contributed by atoms with Crippen molar-refractivity contribution in [2.24, 2.45) is 0 Å². The molecule has 3 unspecified atom stereocenters. The van der Waals surface area contributed by atoms with Crippen molar-refractivity contribution in [3.63, 3.8) is 0 Å². The van der Waals surface area contributed by atoms with E-state index in [-0.39, 0.29) is 18.9 Å². The molecule has 0 aromatic heterocycles. The zero-order valence-corrected chi connectivity index (χ0v) is 33.5. The molecule has 290 valence electrons. The Balaban J connectivity index is 4.43. The average Bonchev–Trinajstić information content (AvgIpc) is 3.05. The number of hydrogen-bond acceptors (Lipinski definition) is 8. The zero-order valence-electron chi connectivity index (χ0n) is 31.9. The molecule has 0 aromatic rings. The van der Waals surface area contributed by atoms with Crippen LogP contribution in [-0.4, -0.2) is 114 Å². The van der Waals surface area contributed by atoms with Gasteiger partial charge in [-0.15, -0.1) is 0 Å². The molecule has 0 heterocycles. The van der Waals surface area contributed by atoms with Crippen LogP contribution in [0.15, 0.2) is 72.9 Å². The summed E-state index contributed by atoms with van der Waals surface area (Å²) in [5.74, 6) is -0.402. The highest BCUT2D eigenvalue weighted by molar-refractivity contribution is 8.77. The second-order valence-corrected chi connectivity index (χ2v) is 16.8. The fourth-order valence-corrected chi connectivity index (χ4v) is 7.02. The maximum absolute atomic E-state index is 13.1. The summed E-state index contributed by atoms with van der Waals surface area (Å²) in [5, 5.41) is 37.4. The third-order valence-electron chi connectivity index (χ3n) is 7.08. The number of hydrogen-bond donors (Lipinski definition) is 6. The van der Waals surface area contributed by atoms with Crippen LogP contribution in [0.1, 0.15) is 78.6 Å². The van der Waals surface area contributed by atoms with Crippen molar-refractivity contribution >= 4 is 39.3 Å². The molecule has 12 heteroatoms. The minimum Gasteiger partial charge on any atom is -0.394 e. The Morgan fingerprint density at radius 1 is 0.745 bits per heavy atom. The van der Waals surface area contributed by atoms with Crippen molar-refractivity contribution in [3.05, 3.63) is 72.9 Å². The van der Waals surface area contributed by atoms with E-state index in [1.54, 1.807) is 0 Å². The number of quaternary nitrogens is 1. The van der Waals surface area contributed by atoms with Crippen LogP contribution in [0.5, 0.6) is 0 Å². The molecule has 0 saturated heterocycles. The lowest BCUT2D eigenvalue weighted by molar-refractivity contribution is -0.873. The molecule has 0 spiro atoms. The van der Waals surface area contributed by atoms with Gasteiger partial charge >= 0.3 is 0 Å². The molecule has 6 N–H and O–H groups in total. The van der Waals surface area contributed by atoms with Crippen molar-refractivity contribution in [2.45, 2.75) is 102 Å². The van der Waals surface area contributed by atoms with Gasteiger partial charge in [0, 0.05) is 30.0 Å². The first-order valence-electron chi connectivity index (χ1n) is 18.0. The van der Waals surface area contributed by atoms with E-state index in [9.17, 15) is 24.6 Å². The van der Waals surface area contributed by atoms with E-state index in [0.29, 0.717) is 36.2 Å². The first-order valence-corrected chi connectivity index (χ1v) is 20.4. The van der Waals surface area contributed by atoms with E-state index < -0.39 is 41.4 Å². The molecule has 51 heavy (non-hydrogen) atoms. The van der Waals surface area contributed by atoms with Crippen molar-refractivity contribution in [1.29, 1.82) is 0 Å². The molecule has 3 atom stereocenters. The monoisotopic (exact) mass is 751 g/mol. The summed E-state index contributed by atoms with van der Waals surface area (Å²) < 4.78 is -0.298.